The zero-order valence-electron chi connectivity index (χ0n) is 7.04. The number of rotatable bonds is 2. The molecule has 1 aromatic rings. The van der Waals surface area contributed by atoms with E-state index in [1.807, 2.05) is 6.92 Å². The summed E-state index contributed by atoms with van der Waals surface area (Å²) < 4.78 is 0. The van der Waals surface area contributed by atoms with Crippen molar-refractivity contribution in [1.29, 1.82) is 0 Å². The number of carbonyl (C=O) groups is 1. The normalized spacial score (nSPS) is 10.1. The molecule has 1 N–H and O–H groups in total. The lowest BCUT2D eigenvalue weighted by molar-refractivity contribution is 0.0693. The quantitative estimate of drug-likeness (QED) is 0.746. The summed E-state index contributed by atoms with van der Waals surface area (Å²) in [5, 5.41) is 9.24. The maximum atomic E-state index is 10.7. The van der Waals surface area contributed by atoms with Crippen LogP contribution in [0.2, 0.25) is 5.02 Å². The molecule has 0 aliphatic rings. The molecular weight excluding hydrogens is 208 g/mol. The maximum Gasteiger partial charge on any atom is 0.336 e. The predicted octanol–water partition coefficient (Wildman–Crippen LogP) is 2.89. The first kappa shape index (κ1) is 10.4. The van der Waals surface area contributed by atoms with Crippen molar-refractivity contribution in [2.45, 2.75) is 18.2 Å². The fourth-order valence-corrected chi connectivity index (χ4v) is 1.71. The number of carboxylic acid groups (broad SMARTS) is 1. The number of hydrogen-bond acceptors (Lipinski definition) is 2. The summed E-state index contributed by atoms with van der Waals surface area (Å²) in [4.78, 5) is 11.2. The number of hydrogen-bond donors (Lipinski definition) is 2. The van der Waals surface area contributed by atoms with Crippen molar-refractivity contribution >= 4 is 30.2 Å². The summed E-state index contributed by atoms with van der Waals surface area (Å²) in [7, 11) is 0. The van der Waals surface area contributed by atoms with Gasteiger partial charge < -0.3 is 5.11 Å². The molecule has 1 aromatic carbocycles. The molecule has 0 fully saturated rings. The van der Waals surface area contributed by atoms with Crippen LogP contribution in [0.5, 0.6) is 0 Å². The molecule has 0 heterocycles. The molecule has 0 aromatic heterocycles. The Morgan fingerprint density at radius 3 is 2.69 bits per heavy atom. The third-order valence-electron chi connectivity index (χ3n) is 1.76. The molecule has 0 bridgehead atoms. The van der Waals surface area contributed by atoms with Crippen LogP contribution < -0.4 is 0 Å². The van der Waals surface area contributed by atoms with Gasteiger partial charge in [-0.2, -0.15) is 0 Å². The summed E-state index contributed by atoms with van der Waals surface area (Å²) in [6.07, 6.45) is 0.722. The van der Waals surface area contributed by atoms with Gasteiger partial charge in [-0.05, 0) is 24.1 Å². The van der Waals surface area contributed by atoms with E-state index >= 15 is 0 Å². The van der Waals surface area contributed by atoms with Gasteiger partial charge in [-0.25, -0.2) is 4.79 Å². The number of aryl methyl sites for hydroxylation is 1. The van der Waals surface area contributed by atoms with Crippen LogP contribution in [0.1, 0.15) is 22.8 Å². The van der Waals surface area contributed by atoms with Crippen molar-refractivity contribution in [3.05, 3.63) is 28.3 Å². The Morgan fingerprint density at radius 2 is 2.23 bits per heavy atom. The van der Waals surface area contributed by atoms with Crippen LogP contribution in [0, 0.1) is 0 Å². The van der Waals surface area contributed by atoms with Gasteiger partial charge in [-0.15, -0.1) is 12.6 Å². The highest BCUT2D eigenvalue weighted by Crippen LogP contribution is 2.24. The van der Waals surface area contributed by atoms with Crippen LogP contribution in [0.15, 0.2) is 17.0 Å². The predicted molar refractivity (Wildman–Crippen MR) is 55.0 cm³/mol. The molecule has 4 heteroatoms. The van der Waals surface area contributed by atoms with E-state index in [2.05, 4.69) is 12.6 Å². The highest BCUT2D eigenvalue weighted by molar-refractivity contribution is 7.80. The fraction of sp³-hybridized carbons (Fsp3) is 0.222. The van der Waals surface area contributed by atoms with Gasteiger partial charge >= 0.3 is 5.97 Å². The number of benzene rings is 1. The van der Waals surface area contributed by atoms with E-state index < -0.39 is 5.97 Å². The molecule has 13 heavy (non-hydrogen) atoms. The topological polar surface area (TPSA) is 37.3 Å². The van der Waals surface area contributed by atoms with Crippen molar-refractivity contribution in [3.8, 4) is 0 Å². The lowest BCUT2D eigenvalue weighted by Gasteiger charge is -2.06. The van der Waals surface area contributed by atoms with Crippen molar-refractivity contribution in [1.82, 2.24) is 0 Å². The average Bonchev–Trinajstić information content (AvgIpc) is 2.08. The van der Waals surface area contributed by atoms with E-state index in [-0.39, 0.29) is 5.56 Å². The number of halogens is 1. The lowest BCUT2D eigenvalue weighted by Crippen LogP contribution is -2.00. The second-order valence-electron chi connectivity index (χ2n) is 2.62. The second-order valence-corrected chi connectivity index (χ2v) is 3.50. The van der Waals surface area contributed by atoms with Gasteiger partial charge in [0.25, 0.3) is 0 Å². The number of carboxylic acids is 1. The smallest absolute Gasteiger partial charge is 0.336 e. The third kappa shape index (κ3) is 2.17. The van der Waals surface area contributed by atoms with Crippen molar-refractivity contribution in [2.75, 3.05) is 0 Å². The van der Waals surface area contributed by atoms with Crippen molar-refractivity contribution in [3.63, 3.8) is 0 Å². The number of thiol groups is 1. The van der Waals surface area contributed by atoms with E-state index in [1.54, 1.807) is 6.07 Å². The molecule has 0 radical (unpaired) electrons. The highest BCUT2D eigenvalue weighted by Gasteiger charge is 2.11. The summed E-state index contributed by atoms with van der Waals surface area (Å²) in [6.45, 7) is 1.93. The standard InChI is InChI=1S/C9H9ClO2S/c1-2-5-3-6(10)4-7(8(5)13)9(11)12/h3-4,13H,2H2,1H3,(H,11,12). The van der Waals surface area contributed by atoms with E-state index in [0.717, 1.165) is 12.0 Å². The molecule has 70 valence electrons. The Balaban J connectivity index is 3.35. The van der Waals surface area contributed by atoms with E-state index in [4.69, 9.17) is 16.7 Å². The number of aromatic carboxylic acids is 1. The Morgan fingerprint density at radius 1 is 1.62 bits per heavy atom. The molecule has 0 amide bonds. The summed E-state index contributed by atoms with van der Waals surface area (Å²) in [5.41, 5.74) is 1.01. The molecule has 0 saturated heterocycles. The minimum absolute atomic E-state index is 0.160. The molecular formula is C9H9ClO2S. The Hall–Kier alpha value is -0.670. The SMILES string of the molecule is CCc1cc(Cl)cc(C(=O)O)c1S. The first-order valence-electron chi connectivity index (χ1n) is 3.81. The van der Waals surface area contributed by atoms with E-state index in [0.29, 0.717) is 9.92 Å². The van der Waals surface area contributed by atoms with E-state index in [1.165, 1.54) is 6.07 Å². The van der Waals surface area contributed by atoms with Crippen LogP contribution in [0.3, 0.4) is 0 Å². The first-order chi connectivity index (χ1) is 6.06. The van der Waals surface area contributed by atoms with Crippen LogP contribution in [-0.4, -0.2) is 11.1 Å². The van der Waals surface area contributed by atoms with Crippen molar-refractivity contribution < 1.29 is 9.90 Å². The van der Waals surface area contributed by atoms with Gasteiger partial charge in [-0.3, -0.25) is 0 Å². The molecule has 2 nitrogen and oxygen atoms in total. The van der Waals surface area contributed by atoms with Gasteiger partial charge in [0, 0.05) is 9.92 Å². The maximum absolute atomic E-state index is 10.7. The lowest BCUT2D eigenvalue weighted by atomic mass is 10.1. The van der Waals surface area contributed by atoms with Gasteiger partial charge in [0.1, 0.15) is 0 Å². The van der Waals surface area contributed by atoms with Gasteiger partial charge in [0.15, 0.2) is 0 Å². The van der Waals surface area contributed by atoms with Crippen molar-refractivity contribution in [2.24, 2.45) is 0 Å². The third-order valence-corrected chi connectivity index (χ3v) is 2.51. The van der Waals surface area contributed by atoms with Crippen LogP contribution in [0.4, 0.5) is 0 Å². The molecule has 0 atom stereocenters. The Kier molecular flexibility index (Phi) is 3.22. The zero-order valence-corrected chi connectivity index (χ0v) is 8.69. The molecule has 0 spiro atoms. The Bertz CT molecular complexity index is 350. The monoisotopic (exact) mass is 216 g/mol. The summed E-state index contributed by atoms with van der Waals surface area (Å²) in [5.74, 6) is -0.998. The summed E-state index contributed by atoms with van der Waals surface area (Å²) >= 11 is 9.89. The second kappa shape index (κ2) is 4.03. The minimum atomic E-state index is -0.998. The van der Waals surface area contributed by atoms with Gasteiger partial charge in [0.2, 0.25) is 0 Å². The Labute approximate surface area is 86.9 Å². The van der Waals surface area contributed by atoms with E-state index in [9.17, 15) is 4.79 Å². The molecule has 0 saturated carbocycles. The average molecular weight is 217 g/mol. The minimum Gasteiger partial charge on any atom is -0.478 e. The highest BCUT2D eigenvalue weighted by atomic mass is 35.5. The van der Waals surface area contributed by atoms with Gasteiger partial charge in [-0.1, -0.05) is 18.5 Å². The molecule has 0 unspecified atom stereocenters. The zero-order chi connectivity index (χ0) is 10.0. The summed E-state index contributed by atoms with van der Waals surface area (Å²) in [6, 6.07) is 3.14. The van der Waals surface area contributed by atoms with Crippen LogP contribution >= 0.6 is 24.2 Å². The molecule has 0 aliphatic carbocycles. The van der Waals surface area contributed by atoms with Gasteiger partial charge in [0.05, 0.1) is 5.56 Å². The van der Waals surface area contributed by atoms with Crippen LogP contribution in [-0.2, 0) is 6.42 Å². The molecule has 1 rings (SSSR count). The fourth-order valence-electron chi connectivity index (χ4n) is 1.09. The largest absolute Gasteiger partial charge is 0.478 e. The first-order valence-corrected chi connectivity index (χ1v) is 4.63. The van der Waals surface area contributed by atoms with Crippen LogP contribution in [0.25, 0.3) is 0 Å². The molecule has 0 aliphatic heterocycles.